The highest BCUT2D eigenvalue weighted by molar-refractivity contribution is 7.86. The molecular weight excluding hydrogens is 436 g/mol. The quantitative estimate of drug-likeness (QED) is 0.338. The lowest BCUT2D eigenvalue weighted by atomic mass is 9.98. The normalized spacial score (nSPS) is 26.0. The number of hydrogen-bond donors (Lipinski definition) is 1. The molecule has 12 heteroatoms. The molecule has 1 aliphatic heterocycles. The highest BCUT2D eigenvalue weighted by Gasteiger charge is 2.52. The molecule has 1 aromatic rings. The number of rotatable bonds is 7. The van der Waals surface area contributed by atoms with Crippen LogP contribution in [0.1, 0.15) is 26.3 Å². The summed E-state index contributed by atoms with van der Waals surface area (Å²) in [7, 11) is -4.43. The van der Waals surface area contributed by atoms with Crippen LogP contribution in [-0.4, -0.2) is 68.7 Å². The molecule has 0 spiro atoms. The van der Waals surface area contributed by atoms with Gasteiger partial charge in [0.05, 0.1) is 4.90 Å². The maximum Gasteiger partial charge on any atom is 0.303 e. The van der Waals surface area contributed by atoms with Gasteiger partial charge >= 0.3 is 17.9 Å². The average Bonchev–Trinajstić information content (AvgIpc) is 2.65. The van der Waals surface area contributed by atoms with Gasteiger partial charge in [0, 0.05) is 20.8 Å². The lowest BCUT2D eigenvalue weighted by Gasteiger charge is -2.42. The van der Waals surface area contributed by atoms with E-state index in [1.54, 1.807) is 19.1 Å². The average molecular weight is 460 g/mol. The number of ether oxygens (including phenoxy) is 4. The largest absolute Gasteiger partial charge is 0.463 e. The van der Waals surface area contributed by atoms with Crippen LogP contribution in [0.4, 0.5) is 0 Å². The maximum absolute atomic E-state index is 12.7. The van der Waals surface area contributed by atoms with Gasteiger partial charge in [-0.3, -0.25) is 18.6 Å². The third-order valence-corrected chi connectivity index (χ3v) is 5.54. The number of aryl methyl sites for hydroxylation is 1. The van der Waals surface area contributed by atoms with Gasteiger partial charge in [-0.05, 0) is 19.1 Å². The molecule has 0 aromatic heterocycles. The van der Waals surface area contributed by atoms with Crippen molar-refractivity contribution in [2.75, 3.05) is 6.61 Å². The van der Waals surface area contributed by atoms with Gasteiger partial charge in [-0.2, -0.15) is 8.42 Å². The monoisotopic (exact) mass is 460 g/mol. The van der Waals surface area contributed by atoms with Gasteiger partial charge in [0.1, 0.15) is 12.7 Å². The van der Waals surface area contributed by atoms with Gasteiger partial charge in [0.25, 0.3) is 10.1 Å². The molecule has 0 unspecified atom stereocenters. The SMILES string of the molecule is CC(=O)OC[C@H]1O[C@H](O)[C@H](OS(=O)(=O)c2ccc(C)cc2)[C@@H](OC(C)=O)[C@@H]1OC(C)=O. The predicted molar refractivity (Wildman–Crippen MR) is 102 cm³/mol. The standard InChI is InChI=1S/C19H24O11S/c1-10-5-7-14(8-6-10)31(24,25)30-18-17(28-13(4)22)16(27-12(3)21)15(29-19(18)23)9-26-11(2)20/h5-8,15-19,23H,9H2,1-4H3/t15-,16-,17+,18-,19+/m1/s1. The molecule has 2 rings (SSSR count). The topological polar surface area (TPSA) is 152 Å². The number of benzene rings is 1. The Morgan fingerprint density at radius 2 is 1.48 bits per heavy atom. The molecule has 0 bridgehead atoms. The van der Waals surface area contributed by atoms with Gasteiger partial charge in [-0.25, -0.2) is 0 Å². The summed E-state index contributed by atoms with van der Waals surface area (Å²) in [6.07, 6.45) is -7.95. The fraction of sp³-hybridized carbons (Fsp3) is 0.526. The summed E-state index contributed by atoms with van der Waals surface area (Å²) in [5.41, 5.74) is 0.806. The Balaban J connectivity index is 2.39. The fourth-order valence-corrected chi connectivity index (χ4v) is 3.98. The second kappa shape index (κ2) is 10.2. The van der Waals surface area contributed by atoms with Gasteiger partial charge in [0.2, 0.25) is 0 Å². The lowest BCUT2D eigenvalue weighted by Crippen LogP contribution is -2.62. The van der Waals surface area contributed by atoms with E-state index in [0.29, 0.717) is 0 Å². The molecule has 1 N–H and O–H groups in total. The summed E-state index contributed by atoms with van der Waals surface area (Å²) in [4.78, 5) is 34.2. The third-order valence-electron chi connectivity index (χ3n) is 4.21. The molecule has 172 valence electrons. The van der Waals surface area contributed by atoms with E-state index in [2.05, 4.69) is 0 Å². The predicted octanol–water partition coefficient (Wildman–Crippen LogP) is 0.213. The number of carbonyl (C=O) groups excluding carboxylic acids is 3. The van der Waals surface area contributed by atoms with Crippen LogP contribution in [0.2, 0.25) is 0 Å². The molecule has 1 aromatic carbocycles. The van der Waals surface area contributed by atoms with Crippen molar-refractivity contribution >= 4 is 28.0 Å². The number of aliphatic hydroxyl groups excluding tert-OH is 1. The van der Waals surface area contributed by atoms with E-state index in [1.807, 2.05) is 0 Å². The van der Waals surface area contributed by atoms with E-state index in [-0.39, 0.29) is 4.90 Å². The van der Waals surface area contributed by atoms with Crippen molar-refractivity contribution in [2.24, 2.45) is 0 Å². The Hall–Kier alpha value is -2.54. The number of esters is 3. The van der Waals surface area contributed by atoms with Crippen LogP contribution in [0.15, 0.2) is 29.2 Å². The summed E-state index contributed by atoms with van der Waals surface area (Å²) in [5.74, 6) is -2.34. The Labute approximate surface area is 179 Å². The third kappa shape index (κ3) is 6.72. The Morgan fingerprint density at radius 1 is 0.935 bits per heavy atom. The van der Waals surface area contributed by atoms with Crippen LogP contribution in [0.25, 0.3) is 0 Å². The van der Waals surface area contributed by atoms with Crippen molar-refractivity contribution in [3.8, 4) is 0 Å². The summed E-state index contributed by atoms with van der Waals surface area (Å²) in [6, 6.07) is 5.69. The van der Waals surface area contributed by atoms with Crippen molar-refractivity contribution in [1.29, 1.82) is 0 Å². The Bertz CT molecular complexity index is 909. The number of aliphatic hydroxyl groups is 1. The van der Waals surface area contributed by atoms with Crippen molar-refractivity contribution in [3.05, 3.63) is 29.8 Å². The van der Waals surface area contributed by atoms with Gasteiger partial charge < -0.3 is 24.1 Å². The zero-order chi connectivity index (χ0) is 23.3. The van der Waals surface area contributed by atoms with Crippen LogP contribution < -0.4 is 0 Å². The van der Waals surface area contributed by atoms with Crippen LogP contribution in [0.3, 0.4) is 0 Å². The summed E-state index contributed by atoms with van der Waals surface area (Å²) in [6.45, 7) is 4.54. The second-order valence-corrected chi connectivity index (χ2v) is 8.42. The first-order valence-electron chi connectivity index (χ1n) is 9.22. The summed E-state index contributed by atoms with van der Waals surface area (Å²) < 4.78 is 51.0. The first-order chi connectivity index (χ1) is 14.4. The number of hydrogen-bond acceptors (Lipinski definition) is 11. The molecule has 31 heavy (non-hydrogen) atoms. The molecule has 0 saturated carbocycles. The van der Waals surface area contributed by atoms with E-state index >= 15 is 0 Å². The van der Waals surface area contributed by atoms with Crippen LogP contribution in [0.5, 0.6) is 0 Å². The first kappa shape index (κ1) is 24.7. The molecule has 1 fully saturated rings. The molecule has 11 nitrogen and oxygen atoms in total. The van der Waals surface area contributed by atoms with E-state index in [1.165, 1.54) is 12.1 Å². The molecular formula is C19H24O11S. The van der Waals surface area contributed by atoms with E-state index in [4.69, 9.17) is 23.1 Å². The fourth-order valence-electron chi connectivity index (χ4n) is 2.90. The van der Waals surface area contributed by atoms with Crippen molar-refractivity contribution in [3.63, 3.8) is 0 Å². The minimum atomic E-state index is -4.43. The van der Waals surface area contributed by atoms with Crippen molar-refractivity contribution < 1.29 is 51.0 Å². The second-order valence-electron chi connectivity index (χ2n) is 6.84. The maximum atomic E-state index is 12.7. The first-order valence-corrected chi connectivity index (χ1v) is 10.6. The highest BCUT2D eigenvalue weighted by Crippen LogP contribution is 2.30. The summed E-state index contributed by atoms with van der Waals surface area (Å²) >= 11 is 0. The smallest absolute Gasteiger partial charge is 0.303 e. The molecule has 1 heterocycles. The van der Waals surface area contributed by atoms with Crippen LogP contribution in [0, 0.1) is 6.92 Å². The van der Waals surface area contributed by atoms with E-state index in [0.717, 1.165) is 26.3 Å². The highest BCUT2D eigenvalue weighted by atomic mass is 32.2. The zero-order valence-corrected chi connectivity index (χ0v) is 18.2. The van der Waals surface area contributed by atoms with Crippen LogP contribution >= 0.6 is 0 Å². The molecule has 1 aliphatic rings. The minimum Gasteiger partial charge on any atom is -0.463 e. The molecule has 0 radical (unpaired) electrons. The molecule has 1 saturated heterocycles. The minimum absolute atomic E-state index is 0.210. The lowest BCUT2D eigenvalue weighted by molar-refractivity contribution is -0.287. The molecule has 5 atom stereocenters. The Kier molecular flexibility index (Phi) is 8.12. The van der Waals surface area contributed by atoms with Gasteiger partial charge in [-0.1, -0.05) is 17.7 Å². The van der Waals surface area contributed by atoms with E-state index < -0.39 is 65.3 Å². The molecule has 0 amide bonds. The van der Waals surface area contributed by atoms with E-state index in [9.17, 15) is 27.9 Å². The molecule has 0 aliphatic carbocycles. The van der Waals surface area contributed by atoms with Crippen molar-refractivity contribution in [2.45, 2.75) is 63.3 Å². The van der Waals surface area contributed by atoms with Gasteiger partial charge in [0.15, 0.2) is 24.6 Å². The van der Waals surface area contributed by atoms with Crippen LogP contribution in [-0.2, 0) is 47.6 Å². The Morgan fingerprint density at radius 3 is 2.00 bits per heavy atom. The number of carbonyl (C=O) groups is 3. The van der Waals surface area contributed by atoms with Gasteiger partial charge in [-0.15, -0.1) is 0 Å². The zero-order valence-electron chi connectivity index (χ0n) is 17.3. The van der Waals surface area contributed by atoms with Crippen molar-refractivity contribution in [1.82, 2.24) is 0 Å². The summed E-state index contributed by atoms with van der Waals surface area (Å²) in [5, 5.41) is 10.4.